The van der Waals surface area contributed by atoms with E-state index >= 15 is 0 Å². The Hall–Kier alpha value is -2.33. The fourth-order valence-corrected chi connectivity index (χ4v) is 2.82. The summed E-state index contributed by atoms with van der Waals surface area (Å²) in [5.74, 6) is 0.886. The van der Waals surface area contributed by atoms with Crippen molar-refractivity contribution in [2.45, 2.75) is 0 Å². The lowest BCUT2D eigenvalue weighted by Crippen LogP contribution is -3.00. The van der Waals surface area contributed by atoms with Gasteiger partial charge in [-0.1, -0.05) is 18.2 Å². The molecule has 0 saturated heterocycles. The molecule has 3 nitrogen and oxygen atoms in total. The summed E-state index contributed by atoms with van der Waals surface area (Å²) in [5, 5.41) is 14.3. The maximum Gasteiger partial charge on any atom is 0.219 e. The number of rotatable bonds is 1. The lowest BCUT2D eigenvalue weighted by atomic mass is 10.1. The van der Waals surface area contributed by atoms with Gasteiger partial charge in [-0.2, -0.15) is 4.40 Å². The molecule has 2 heterocycles. The predicted octanol–water partition coefficient (Wildman–Crippen LogP) is 0.450. The number of pyridine rings is 2. The molecule has 0 bridgehead atoms. The van der Waals surface area contributed by atoms with Crippen LogP contribution in [0.4, 0.5) is 0 Å². The van der Waals surface area contributed by atoms with Crippen LogP contribution in [0.3, 0.4) is 0 Å². The van der Waals surface area contributed by atoms with Gasteiger partial charge in [0.05, 0.1) is 17.9 Å². The first-order chi connectivity index (χ1) is 10.3. The van der Waals surface area contributed by atoms with Gasteiger partial charge in [-0.3, -0.25) is 0 Å². The molecule has 0 aliphatic carbocycles. The third kappa shape index (κ3) is 2.16. The fourth-order valence-electron chi connectivity index (χ4n) is 2.82. The zero-order valence-corrected chi connectivity index (χ0v) is 13.5. The highest BCUT2D eigenvalue weighted by atomic mass is 79.9. The quantitative estimate of drug-likeness (QED) is 0.305. The minimum Gasteiger partial charge on any atom is -1.00 e. The first-order valence-electron chi connectivity index (χ1n) is 6.80. The van der Waals surface area contributed by atoms with E-state index in [1.807, 2.05) is 35.0 Å². The molecule has 0 atom stereocenters. The molecule has 0 aliphatic rings. The van der Waals surface area contributed by atoms with E-state index in [9.17, 15) is 5.11 Å². The Kier molecular flexibility index (Phi) is 3.62. The summed E-state index contributed by atoms with van der Waals surface area (Å²) in [5.41, 5.74) is 1.10. The molecule has 0 radical (unpaired) electrons. The third-order valence-corrected chi connectivity index (χ3v) is 3.89. The summed E-state index contributed by atoms with van der Waals surface area (Å²) in [6.07, 6.45) is 3.96. The highest BCUT2D eigenvalue weighted by molar-refractivity contribution is 5.98. The standard InChI is InChI=1S/C18H13NO2.BrH/c1-21-14-8-13-9-17-15-5-3-2-4-12(15)6-7-19(17)11-16(13)18(20)10-14;/h2-11H,1H3;1H. The Morgan fingerprint density at radius 2 is 1.77 bits per heavy atom. The van der Waals surface area contributed by atoms with Crippen LogP contribution in [-0.4, -0.2) is 12.2 Å². The average Bonchev–Trinajstić information content (AvgIpc) is 2.53. The number of halogens is 1. The zero-order valence-electron chi connectivity index (χ0n) is 12.0. The van der Waals surface area contributed by atoms with Crippen LogP contribution in [-0.2, 0) is 0 Å². The van der Waals surface area contributed by atoms with Gasteiger partial charge >= 0.3 is 0 Å². The van der Waals surface area contributed by atoms with Crippen LogP contribution >= 0.6 is 0 Å². The van der Waals surface area contributed by atoms with E-state index in [0.29, 0.717) is 5.75 Å². The first kappa shape index (κ1) is 14.6. The van der Waals surface area contributed by atoms with Crippen LogP contribution in [0.1, 0.15) is 0 Å². The van der Waals surface area contributed by atoms with Crippen LogP contribution in [0.2, 0.25) is 0 Å². The van der Waals surface area contributed by atoms with Gasteiger partial charge in [0.1, 0.15) is 11.5 Å². The summed E-state index contributed by atoms with van der Waals surface area (Å²) in [6, 6.07) is 16.0. The van der Waals surface area contributed by atoms with E-state index in [2.05, 4.69) is 24.3 Å². The van der Waals surface area contributed by atoms with Crippen molar-refractivity contribution < 1.29 is 31.2 Å². The molecule has 110 valence electrons. The topological polar surface area (TPSA) is 33.6 Å². The molecular formula is C18H14BrNO2. The Bertz CT molecular complexity index is 998. The minimum atomic E-state index is 0. The molecule has 0 fully saturated rings. The molecule has 22 heavy (non-hydrogen) atoms. The smallest absolute Gasteiger partial charge is 0.219 e. The molecule has 0 saturated carbocycles. The molecule has 0 amide bonds. The Balaban J connectivity index is 0.00000144. The van der Waals surface area contributed by atoms with Crippen LogP contribution in [0.25, 0.3) is 27.1 Å². The SMILES string of the molecule is COc1cc(O)c2c[n+]3ccc4ccccc4c3cc2c1.[Br-]. The third-order valence-electron chi connectivity index (χ3n) is 3.89. The first-order valence-corrected chi connectivity index (χ1v) is 6.80. The van der Waals surface area contributed by atoms with Crippen LogP contribution in [0.15, 0.2) is 60.9 Å². The predicted molar refractivity (Wildman–Crippen MR) is 82.8 cm³/mol. The summed E-state index contributed by atoms with van der Waals surface area (Å²) in [7, 11) is 1.60. The van der Waals surface area contributed by atoms with E-state index in [-0.39, 0.29) is 22.7 Å². The number of nitrogens with zero attached hydrogens (tertiary/aromatic N) is 1. The molecule has 4 rings (SSSR count). The summed E-state index contributed by atoms with van der Waals surface area (Å²) >= 11 is 0. The lowest BCUT2D eigenvalue weighted by molar-refractivity contribution is -0.509. The molecule has 4 heteroatoms. The van der Waals surface area contributed by atoms with Crippen molar-refractivity contribution in [3.63, 3.8) is 0 Å². The molecular weight excluding hydrogens is 342 g/mol. The Morgan fingerprint density at radius 3 is 2.59 bits per heavy atom. The van der Waals surface area contributed by atoms with Crippen molar-refractivity contribution in [3.05, 3.63) is 60.9 Å². The van der Waals surface area contributed by atoms with Crippen molar-refractivity contribution in [2.75, 3.05) is 7.11 Å². The second-order valence-electron chi connectivity index (χ2n) is 5.12. The van der Waals surface area contributed by atoms with Crippen LogP contribution in [0, 0.1) is 0 Å². The number of benzene rings is 2. The zero-order chi connectivity index (χ0) is 14.4. The molecule has 0 aliphatic heterocycles. The Morgan fingerprint density at radius 1 is 0.955 bits per heavy atom. The van der Waals surface area contributed by atoms with Crippen LogP contribution < -0.4 is 26.1 Å². The highest BCUT2D eigenvalue weighted by Crippen LogP contribution is 2.30. The number of phenolic OH excluding ortho intramolecular Hbond substituents is 1. The number of phenols is 1. The maximum absolute atomic E-state index is 10.2. The average molecular weight is 356 g/mol. The van der Waals surface area contributed by atoms with E-state index in [4.69, 9.17) is 4.74 Å². The molecule has 0 spiro atoms. The normalized spacial score (nSPS) is 10.8. The Labute approximate surface area is 138 Å². The van der Waals surface area contributed by atoms with Gasteiger partial charge in [-0.25, -0.2) is 0 Å². The molecule has 0 unspecified atom stereocenters. The van der Waals surface area contributed by atoms with E-state index in [0.717, 1.165) is 16.3 Å². The number of hydrogen-bond acceptors (Lipinski definition) is 2. The van der Waals surface area contributed by atoms with Gasteiger partial charge in [0.25, 0.3) is 0 Å². The van der Waals surface area contributed by atoms with Crippen molar-refractivity contribution in [3.8, 4) is 11.5 Å². The van der Waals surface area contributed by atoms with E-state index in [1.165, 1.54) is 10.8 Å². The second kappa shape index (κ2) is 5.46. The van der Waals surface area contributed by atoms with E-state index < -0.39 is 0 Å². The molecule has 1 N–H and O–H groups in total. The summed E-state index contributed by atoms with van der Waals surface area (Å²) < 4.78 is 7.27. The van der Waals surface area contributed by atoms with Gasteiger partial charge in [0.2, 0.25) is 5.52 Å². The van der Waals surface area contributed by atoms with Gasteiger partial charge in [-0.05, 0) is 17.5 Å². The molecule has 2 aromatic carbocycles. The number of aromatic nitrogens is 1. The second-order valence-corrected chi connectivity index (χ2v) is 5.12. The molecule has 2 aromatic heterocycles. The number of ether oxygens (including phenoxy) is 1. The minimum absolute atomic E-state index is 0. The fraction of sp³-hybridized carbons (Fsp3) is 0.0556. The lowest BCUT2D eigenvalue weighted by Gasteiger charge is -2.05. The number of methoxy groups -OCH3 is 1. The summed E-state index contributed by atoms with van der Waals surface area (Å²) in [4.78, 5) is 0. The molecule has 4 aromatic rings. The van der Waals surface area contributed by atoms with Crippen molar-refractivity contribution in [1.29, 1.82) is 0 Å². The van der Waals surface area contributed by atoms with Crippen molar-refractivity contribution >= 4 is 27.1 Å². The van der Waals surface area contributed by atoms with Gasteiger partial charge < -0.3 is 26.8 Å². The number of fused-ring (bicyclic) bond motifs is 4. The monoisotopic (exact) mass is 355 g/mol. The van der Waals surface area contributed by atoms with Crippen LogP contribution in [0.5, 0.6) is 11.5 Å². The van der Waals surface area contributed by atoms with Gasteiger partial charge in [-0.15, -0.1) is 0 Å². The van der Waals surface area contributed by atoms with Crippen molar-refractivity contribution in [2.24, 2.45) is 0 Å². The van der Waals surface area contributed by atoms with Crippen molar-refractivity contribution in [1.82, 2.24) is 0 Å². The number of aromatic hydroxyl groups is 1. The van der Waals surface area contributed by atoms with Gasteiger partial charge in [0.15, 0.2) is 12.4 Å². The summed E-state index contributed by atoms with van der Waals surface area (Å²) in [6.45, 7) is 0. The number of hydrogen-bond donors (Lipinski definition) is 1. The highest BCUT2D eigenvalue weighted by Gasteiger charge is 2.13. The largest absolute Gasteiger partial charge is 1.00 e. The van der Waals surface area contributed by atoms with Gasteiger partial charge in [0, 0.05) is 23.6 Å². The van der Waals surface area contributed by atoms with E-state index in [1.54, 1.807) is 13.2 Å². The maximum atomic E-state index is 10.2.